The Morgan fingerprint density at radius 2 is 1.92 bits per heavy atom. The second-order valence-corrected chi connectivity index (χ2v) is 5.77. The van der Waals surface area contributed by atoms with Crippen LogP contribution >= 0.6 is 0 Å². The fourth-order valence-corrected chi connectivity index (χ4v) is 2.76. The van der Waals surface area contributed by atoms with Crippen LogP contribution in [-0.2, 0) is 16.6 Å². The monoisotopic (exact) mass is 337 g/mol. The second kappa shape index (κ2) is 6.76. The number of hydrogen-bond acceptors (Lipinski definition) is 4. The number of carbonyl (C=O) groups is 2. The topological polar surface area (TPSA) is 64.4 Å². The maximum absolute atomic E-state index is 13.2. The Morgan fingerprint density at radius 3 is 2.64 bits per heavy atom. The van der Waals surface area contributed by atoms with Crippen molar-refractivity contribution in [2.75, 3.05) is 18.6 Å². The van der Waals surface area contributed by atoms with E-state index in [1.54, 1.807) is 18.2 Å². The van der Waals surface area contributed by atoms with Gasteiger partial charge < -0.3 is 9.30 Å². The Hall–Kier alpha value is -3.15. The Balaban J connectivity index is 2.08. The molecule has 2 aromatic heterocycles. The highest BCUT2D eigenvalue weighted by Crippen LogP contribution is 2.23. The quantitative estimate of drug-likeness (QED) is 0.687. The van der Waals surface area contributed by atoms with E-state index in [4.69, 9.17) is 4.74 Å². The van der Waals surface area contributed by atoms with E-state index >= 15 is 0 Å². The molecule has 0 saturated heterocycles. The molecule has 0 N–H and O–H groups in total. The van der Waals surface area contributed by atoms with Crippen LogP contribution in [0.4, 0.5) is 5.82 Å². The smallest absolute Gasteiger partial charge is 0.325 e. The molecule has 0 bridgehead atoms. The summed E-state index contributed by atoms with van der Waals surface area (Å²) in [4.78, 5) is 30.8. The third-order valence-corrected chi connectivity index (χ3v) is 4.07. The standard InChI is InChI=1S/C19H19N3O3/c1-13-6-4-9-17(20-13)22(12-18(23)25-3)19(24)15-7-5-8-16-14(15)10-11-21(16)2/h4-11H,12H2,1-3H3. The molecule has 0 saturated carbocycles. The number of amides is 1. The molecule has 0 atom stereocenters. The van der Waals surface area contributed by atoms with Crippen molar-refractivity contribution in [1.82, 2.24) is 9.55 Å². The number of pyridine rings is 1. The van der Waals surface area contributed by atoms with Crippen molar-refractivity contribution < 1.29 is 14.3 Å². The van der Waals surface area contributed by atoms with E-state index in [9.17, 15) is 9.59 Å². The van der Waals surface area contributed by atoms with E-state index in [0.717, 1.165) is 16.6 Å². The summed E-state index contributed by atoms with van der Waals surface area (Å²) in [5.41, 5.74) is 2.23. The molecule has 0 unspecified atom stereocenters. The number of anilines is 1. The van der Waals surface area contributed by atoms with E-state index in [2.05, 4.69) is 4.98 Å². The fourth-order valence-electron chi connectivity index (χ4n) is 2.76. The van der Waals surface area contributed by atoms with Crippen LogP contribution < -0.4 is 4.90 Å². The van der Waals surface area contributed by atoms with Crippen LogP contribution in [0.3, 0.4) is 0 Å². The lowest BCUT2D eigenvalue weighted by Gasteiger charge is -2.21. The van der Waals surface area contributed by atoms with Crippen LogP contribution in [0.5, 0.6) is 0 Å². The molecule has 0 radical (unpaired) electrons. The molecule has 0 fully saturated rings. The number of benzene rings is 1. The third-order valence-electron chi connectivity index (χ3n) is 4.07. The van der Waals surface area contributed by atoms with Crippen LogP contribution in [0.15, 0.2) is 48.7 Å². The first-order chi connectivity index (χ1) is 12.0. The van der Waals surface area contributed by atoms with E-state index in [-0.39, 0.29) is 12.5 Å². The lowest BCUT2D eigenvalue weighted by atomic mass is 10.1. The minimum atomic E-state index is -0.503. The molecule has 128 valence electrons. The summed E-state index contributed by atoms with van der Waals surface area (Å²) in [5.74, 6) is -0.375. The van der Waals surface area contributed by atoms with E-state index in [1.807, 2.05) is 49.0 Å². The SMILES string of the molecule is COC(=O)CN(C(=O)c1cccc2c1ccn2C)c1cccc(C)n1. The highest BCUT2D eigenvalue weighted by Gasteiger charge is 2.24. The van der Waals surface area contributed by atoms with Crippen molar-refractivity contribution in [3.8, 4) is 0 Å². The Morgan fingerprint density at radius 1 is 1.16 bits per heavy atom. The van der Waals surface area contributed by atoms with Crippen molar-refractivity contribution in [2.24, 2.45) is 7.05 Å². The maximum atomic E-state index is 13.2. The number of esters is 1. The molecule has 1 aromatic carbocycles. The zero-order valence-electron chi connectivity index (χ0n) is 14.4. The van der Waals surface area contributed by atoms with Gasteiger partial charge in [-0.05, 0) is 37.3 Å². The summed E-state index contributed by atoms with van der Waals surface area (Å²) in [6, 6.07) is 12.8. The highest BCUT2D eigenvalue weighted by atomic mass is 16.5. The second-order valence-electron chi connectivity index (χ2n) is 5.77. The van der Waals surface area contributed by atoms with E-state index in [0.29, 0.717) is 11.4 Å². The van der Waals surface area contributed by atoms with Gasteiger partial charge in [0.2, 0.25) is 0 Å². The molecule has 3 rings (SSSR count). The van der Waals surface area contributed by atoms with Crippen molar-refractivity contribution in [3.63, 3.8) is 0 Å². The van der Waals surface area contributed by atoms with Gasteiger partial charge in [0, 0.05) is 35.4 Å². The summed E-state index contributed by atoms with van der Waals surface area (Å²) in [7, 11) is 3.22. The molecule has 6 nitrogen and oxygen atoms in total. The first kappa shape index (κ1) is 16.7. The summed E-state index contributed by atoms with van der Waals surface area (Å²) in [6.45, 7) is 1.64. The van der Waals surface area contributed by atoms with Crippen LogP contribution in [0.2, 0.25) is 0 Å². The van der Waals surface area contributed by atoms with E-state index < -0.39 is 5.97 Å². The molecule has 25 heavy (non-hydrogen) atoms. The van der Waals surface area contributed by atoms with Gasteiger partial charge in [-0.25, -0.2) is 4.98 Å². The average Bonchev–Trinajstić information content (AvgIpc) is 3.00. The zero-order valence-corrected chi connectivity index (χ0v) is 14.4. The van der Waals surface area contributed by atoms with Crippen LogP contribution in [0, 0.1) is 6.92 Å². The normalized spacial score (nSPS) is 10.7. The number of aryl methyl sites for hydroxylation is 2. The molecule has 0 aliphatic heterocycles. The van der Waals surface area contributed by atoms with Crippen molar-refractivity contribution in [2.45, 2.75) is 6.92 Å². The maximum Gasteiger partial charge on any atom is 0.325 e. The lowest BCUT2D eigenvalue weighted by molar-refractivity contribution is -0.138. The highest BCUT2D eigenvalue weighted by molar-refractivity contribution is 6.14. The number of carbonyl (C=O) groups excluding carboxylic acids is 2. The zero-order chi connectivity index (χ0) is 18.0. The molecule has 1 amide bonds. The van der Waals surface area contributed by atoms with Gasteiger partial charge in [0.05, 0.1) is 7.11 Å². The van der Waals surface area contributed by atoms with Crippen molar-refractivity contribution in [1.29, 1.82) is 0 Å². The summed E-state index contributed by atoms with van der Waals surface area (Å²) < 4.78 is 6.69. The summed E-state index contributed by atoms with van der Waals surface area (Å²) in [5, 5.41) is 0.831. The summed E-state index contributed by atoms with van der Waals surface area (Å²) in [6.07, 6.45) is 1.90. The minimum Gasteiger partial charge on any atom is -0.468 e. The molecule has 0 spiro atoms. The number of nitrogens with zero attached hydrogens (tertiary/aromatic N) is 3. The molecule has 2 heterocycles. The molecule has 0 aliphatic rings. The van der Waals surface area contributed by atoms with Crippen molar-refractivity contribution >= 4 is 28.6 Å². The van der Waals surface area contributed by atoms with Gasteiger partial charge in [-0.15, -0.1) is 0 Å². The molecule has 0 aliphatic carbocycles. The van der Waals surface area contributed by atoms with Gasteiger partial charge in [-0.1, -0.05) is 12.1 Å². The van der Waals surface area contributed by atoms with Gasteiger partial charge in [-0.2, -0.15) is 0 Å². The average molecular weight is 337 g/mol. The van der Waals surface area contributed by atoms with Gasteiger partial charge >= 0.3 is 5.97 Å². The van der Waals surface area contributed by atoms with Gasteiger partial charge in [-0.3, -0.25) is 14.5 Å². The van der Waals surface area contributed by atoms with Crippen molar-refractivity contribution in [3.05, 3.63) is 59.9 Å². The number of fused-ring (bicyclic) bond motifs is 1. The van der Waals surface area contributed by atoms with Gasteiger partial charge in [0.1, 0.15) is 12.4 Å². The Bertz CT molecular complexity index is 946. The number of rotatable bonds is 4. The first-order valence-corrected chi connectivity index (χ1v) is 7.87. The van der Waals surface area contributed by atoms with Gasteiger partial charge in [0.25, 0.3) is 5.91 Å². The van der Waals surface area contributed by atoms with Gasteiger partial charge in [0.15, 0.2) is 0 Å². The van der Waals surface area contributed by atoms with Crippen LogP contribution in [0.1, 0.15) is 16.1 Å². The number of hydrogen-bond donors (Lipinski definition) is 0. The van der Waals surface area contributed by atoms with Crippen LogP contribution in [-0.4, -0.2) is 35.1 Å². The fraction of sp³-hybridized carbons (Fsp3) is 0.211. The third kappa shape index (κ3) is 3.24. The number of aromatic nitrogens is 2. The molecule has 6 heteroatoms. The first-order valence-electron chi connectivity index (χ1n) is 7.87. The molecule has 3 aromatic rings. The predicted octanol–water partition coefficient (Wildman–Crippen LogP) is 2.70. The lowest BCUT2D eigenvalue weighted by Crippen LogP contribution is -2.37. The van der Waals surface area contributed by atoms with Crippen LogP contribution in [0.25, 0.3) is 10.9 Å². The van der Waals surface area contributed by atoms with E-state index in [1.165, 1.54) is 12.0 Å². The molecular formula is C19H19N3O3. The number of ether oxygens (including phenoxy) is 1. The summed E-state index contributed by atoms with van der Waals surface area (Å²) >= 11 is 0. The Kier molecular flexibility index (Phi) is 4.52. The number of methoxy groups -OCH3 is 1. The predicted molar refractivity (Wildman–Crippen MR) is 95.6 cm³/mol. The Labute approximate surface area is 145 Å². The largest absolute Gasteiger partial charge is 0.468 e. The minimum absolute atomic E-state index is 0.199. The molecular weight excluding hydrogens is 318 g/mol.